The van der Waals surface area contributed by atoms with E-state index in [1.165, 1.54) is 4.88 Å². The predicted molar refractivity (Wildman–Crippen MR) is 68.9 cm³/mol. The average Bonchev–Trinajstić information content (AvgIpc) is 2.73. The van der Waals surface area contributed by atoms with Crippen molar-refractivity contribution in [2.45, 2.75) is 44.9 Å². The molecule has 0 saturated carbocycles. The Morgan fingerprint density at radius 3 is 3.06 bits per heavy atom. The Hall–Kier alpha value is -0.890. The summed E-state index contributed by atoms with van der Waals surface area (Å²) < 4.78 is 5.69. The van der Waals surface area contributed by atoms with Gasteiger partial charge in [-0.15, -0.1) is 11.3 Å². The maximum absolute atomic E-state index is 8.76. The van der Waals surface area contributed by atoms with Crippen LogP contribution in [-0.4, -0.2) is 18.2 Å². The summed E-state index contributed by atoms with van der Waals surface area (Å²) in [6, 6.07) is 6.60. The van der Waals surface area contributed by atoms with Crippen molar-refractivity contribution in [1.82, 2.24) is 5.32 Å². The molecule has 92 valence electrons. The van der Waals surface area contributed by atoms with E-state index in [1.54, 1.807) is 11.3 Å². The van der Waals surface area contributed by atoms with Gasteiger partial charge in [-0.2, -0.15) is 5.26 Å². The summed E-state index contributed by atoms with van der Waals surface area (Å²) >= 11 is 1.57. The molecule has 1 atom stereocenters. The van der Waals surface area contributed by atoms with E-state index in [0.717, 1.165) is 30.9 Å². The Bertz CT molecular complexity index is 419. The number of hydrogen-bond donors (Lipinski definition) is 1. The molecule has 1 aromatic rings. The van der Waals surface area contributed by atoms with Gasteiger partial charge in [-0.3, -0.25) is 0 Å². The van der Waals surface area contributed by atoms with E-state index in [0.29, 0.717) is 6.04 Å². The standard InChI is InChI=1S/C13H18N2OS/c1-13(2)7-10(5-6-16-13)15-9-12-4-3-11(8-14)17-12/h3-4,10,15H,5-7,9H2,1-2H3. The third kappa shape index (κ3) is 3.53. The zero-order valence-electron chi connectivity index (χ0n) is 10.3. The first kappa shape index (κ1) is 12.6. The number of nitriles is 1. The molecule has 1 aliphatic heterocycles. The molecule has 0 spiro atoms. The van der Waals surface area contributed by atoms with Crippen LogP contribution in [0, 0.1) is 11.3 Å². The minimum absolute atomic E-state index is 0.0107. The summed E-state index contributed by atoms with van der Waals surface area (Å²) in [5.41, 5.74) is -0.0107. The first-order valence-corrected chi connectivity index (χ1v) is 6.77. The molecular weight excluding hydrogens is 232 g/mol. The highest BCUT2D eigenvalue weighted by atomic mass is 32.1. The van der Waals surface area contributed by atoms with Gasteiger partial charge in [0.1, 0.15) is 10.9 Å². The smallest absolute Gasteiger partial charge is 0.110 e. The lowest BCUT2D eigenvalue weighted by molar-refractivity contribution is -0.0630. The molecule has 0 bridgehead atoms. The predicted octanol–water partition coefficient (Wildman–Crippen LogP) is 2.67. The summed E-state index contributed by atoms with van der Waals surface area (Å²) in [6.07, 6.45) is 2.11. The minimum atomic E-state index is -0.0107. The van der Waals surface area contributed by atoms with Gasteiger partial charge in [-0.05, 0) is 38.8 Å². The molecule has 1 aliphatic rings. The van der Waals surface area contributed by atoms with Gasteiger partial charge in [0.25, 0.3) is 0 Å². The third-order valence-corrected chi connectivity index (χ3v) is 4.02. The molecule has 1 unspecified atom stereocenters. The van der Waals surface area contributed by atoms with Crippen LogP contribution in [0.2, 0.25) is 0 Å². The van der Waals surface area contributed by atoms with Crippen LogP contribution in [0.3, 0.4) is 0 Å². The maximum Gasteiger partial charge on any atom is 0.110 e. The van der Waals surface area contributed by atoms with Gasteiger partial charge in [0.15, 0.2) is 0 Å². The second-order valence-corrected chi connectivity index (χ2v) is 6.22. The summed E-state index contributed by atoms with van der Waals surface area (Å²) in [5, 5.41) is 12.3. The van der Waals surface area contributed by atoms with Crippen molar-refractivity contribution in [2.75, 3.05) is 6.61 Å². The van der Waals surface area contributed by atoms with E-state index in [4.69, 9.17) is 10.00 Å². The molecule has 1 N–H and O–H groups in total. The fraction of sp³-hybridized carbons (Fsp3) is 0.615. The average molecular weight is 250 g/mol. The fourth-order valence-corrected chi connectivity index (χ4v) is 2.94. The first-order chi connectivity index (χ1) is 8.09. The van der Waals surface area contributed by atoms with Crippen LogP contribution in [0.4, 0.5) is 0 Å². The van der Waals surface area contributed by atoms with E-state index in [1.807, 2.05) is 12.1 Å². The normalized spacial score (nSPS) is 23.2. The molecule has 1 fully saturated rings. The van der Waals surface area contributed by atoms with E-state index in [-0.39, 0.29) is 5.60 Å². The number of ether oxygens (including phenoxy) is 1. The fourth-order valence-electron chi connectivity index (χ4n) is 2.18. The SMILES string of the molecule is CC1(C)CC(NCc2ccc(C#N)s2)CCO1. The van der Waals surface area contributed by atoms with Crippen molar-refractivity contribution in [1.29, 1.82) is 5.26 Å². The Kier molecular flexibility index (Phi) is 3.82. The van der Waals surface area contributed by atoms with Crippen LogP contribution >= 0.6 is 11.3 Å². The van der Waals surface area contributed by atoms with Gasteiger partial charge in [0.05, 0.1) is 5.60 Å². The van der Waals surface area contributed by atoms with Crippen LogP contribution < -0.4 is 5.32 Å². The highest BCUT2D eigenvalue weighted by Crippen LogP contribution is 2.24. The second kappa shape index (κ2) is 5.18. The number of rotatable bonds is 3. The van der Waals surface area contributed by atoms with Crippen LogP contribution in [0.1, 0.15) is 36.4 Å². The van der Waals surface area contributed by atoms with Crippen molar-refractivity contribution >= 4 is 11.3 Å². The third-order valence-electron chi connectivity index (χ3n) is 3.03. The van der Waals surface area contributed by atoms with E-state index >= 15 is 0 Å². The minimum Gasteiger partial charge on any atom is -0.375 e. The molecule has 2 rings (SSSR count). The lowest BCUT2D eigenvalue weighted by Crippen LogP contribution is -2.43. The molecule has 1 saturated heterocycles. The molecule has 0 amide bonds. The largest absolute Gasteiger partial charge is 0.375 e. The number of hydrogen-bond acceptors (Lipinski definition) is 4. The zero-order chi connectivity index (χ0) is 12.3. The lowest BCUT2D eigenvalue weighted by Gasteiger charge is -2.35. The Balaban J connectivity index is 1.84. The molecule has 0 aromatic carbocycles. The maximum atomic E-state index is 8.76. The molecule has 0 radical (unpaired) electrons. The number of nitrogens with zero attached hydrogens (tertiary/aromatic N) is 1. The monoisotopic (exact) mass is 250 g/mol. The van der Waals surface area contributed by atoms with Crippen LogP contribution in [-0.2, 0) is 11.3 Å². The first-order valence-electron chi connectivity index (χ1n) is 5.95. The van der Waals surface area contributed by atoms with Crippen molar-refractivity contribution in [3.8, 4) is 6.07 Å². The topological polar surface area (TPSA) is 45.0 Å². The van der Waals surface area contributed by atoms with E-state index < -0.39 is 0 Å². The Morgan fingerprint density at radius 1 is 1.59 bits per heavy atom. The Labute approximate surface area is 106 Å². The van der Waals surface area contributed by atoms with Crippen LogP contribution in [0.5, 0.6) is 0 Å². The zero-order valence-corrected chi connectivity index (χ0v) is 11.1. The molecular formula is C13H18N2OS. The van der Waals surface area contributed by atoms with Crippen LogP contribution in [0.15, 0.2) is 12.1 Å². The summed E-state index contributed by atoms with van der Waals surface area (Å²) in [5.74, 6) is 0. The summed E-state index contributed by atoms with van der Waals surface area (Å²) in [6.45, 7) is 5.96. The summed E-state index contributed by atoms with van der Waals surface area (Å²) in [4.78, 5) is 2.01. The van der Waals surface area contributed by atoms with Crippen molar-refractivity contribution in [2.24, 2.45) is 0 Å². The molecule has 0 aliphatic carbocycles. The number of nitrogens with one attached hydrogen (secondary N) is 1. The van der Waals surface area contributed by atoms with Gasteiger partial charge in [0, 0.05) is 24.1 Å². The number of thiophene rings is 1. The highest BCUT2D eigenvalue weighted by molar-refractivity contribution is 7.12. The van der Waals surface area contributed by atoms with Crippen molar-refractivity contribution in [3.63, 3.8) is 0 Å². The van der Waals surface area contributed by atoms with E-state index in [9.17, 15) is 0 Å². The van der Waals surface area contributed by atoms with Crippen molar-refractivity contribution in [3.05, 3.63) is 21.9 Å². The lowest BCUT2D eigenvalue weighted by atomic mass is 9.94. The summed E-state index contributed by atoms with van der Waals surface area (Å²) in [7, 11) is 0. The quantitative estimate of drug-likeness (QED) is 0.897. The van der Waals surface area contributed by atoms with Gasteiger partial charge in [0.2, 0.25) is 0 Å². The molecule has 4 heteroatoms. The van der Waals surface area contributed by atoms with Crippen molar-refractivity contribution < 1.29 is 4.74 Å². The molecule has 2 heterocycles. The van der Waals surface area contributed by atoms with Gasteiger partial charge >= 0.3 is 0 Å². The molecule has 1 aromatic heterocycles. The van der Waals surface area contributed by atoms with E-state index in [2.05, 4.69) is 25.2 Å². The Morgan fingerprint density at radius 2 is 2.41 bits per heavy atom. The highest BCUT2D eigenvalue weighted by Gasteiger charge is 2.28. The van der Waals surface area contributed by atoms with Crippen LogP contribution in [0.25, 0.3) is 0 Å². The van der Waals surface area contributed by atoms with Gasteiger partial charge in [-0.1, -0.05) is 0 Å². The van der Waals surface area contributed by atoms with Gasteiger partial charge < -0.3 is 10.1 Å². The second-order valence-electron chi connectivity index (χ2n) is 5.06. The molecule has 17 heavy (non-hydrogen) atoms. The van der Waals surface area contributed by atoms with Gasteiger partial charge in [-0.25, -0.2) is 0 Å². The molecule has 3 nitrogen and oxygen atoms in total.